The van der Waals surface area contributed by atoms with E-state index >= 15 is 4.57 Å². The Morgan fingerprint density at radius 3 is 1.07 bits per heavy atom. The van der Waals surface area contributed by atoms with Crippen LogP contribution in [0.15, 0.2) is 152 Å². The zero-order valence-electron chi connectivity index (χ0n) is 66.9. The van der Waals surface area contributed by atoms with Gasteiger partial charge in [-0.15, -0.1) is 0 Å². The second kappa shape index (κ2) is 53.0. The van der Waals surface area contributed by atoms with Crippen LogP contribution >= 0.6 is 7.37 Å². The molecule has 0 amide bonds. The quantitative estimate of drug-likeness (QED) is 0.0152. The lowest BCUT2D eigenvalue weighted by molar-refractivity contribution is -0.349. The molecule has 5 aromatic carbocycles. The van der Waals surface area contributed by atoms with Gasteiger partial charge in [0.1, 0.15) is 62.0 Å². The van der Waals surface area contributed by atoms with Gasteiger partial charge in [0, 0.05) is 46.7 Å². The van der Waals surface area contributed by atoms with Crippen LogP contribution in [-0.2, 0) is 127 Å². The van der Waals surface area contributed by atoms with Gasteiger partial charge < -0.3 is 61.4 Å². The first kappa shape index (κ1) is 91.1. The van der Waals surface area contributed by atoms with Crippen LogP contribution in [0.4, 0.5) is 0 Å². The predicted molar refractivity (Wildman–Crippen MR) is 426 cm³/mol. The molecular formula is C90H127O20P. The number of hydrogen-bond acceptors (Lipinski definition) is 20. The van der Waals surface area contributed by atoms with E-state index in [0.29, 0.717) is 24.0 Å². The lowest BCUT2D eigenvalue weighted by atomic mass is 9.83. The smallest absolute Gasteiger partial charge is 0.306 e. The average molecular weight is 1560 g/mol. The molecule has 0 bridgehead atoms. The van der Waals surface area contributed by atoms with E-state index in [2.05, 4.69) is 13.8 Å². The van der Waals surface area contributed by atoms with Crippen molar-refractivity contribution < 1.29 is 94.7 Å². The Labute approximate surface area is 660 Å². The minimum Gasteiger partial charge on any atom is -0.463 e. The van der Waals surface area contributed by atoms with Crippen molar-refractivity contribution in [2.75, 3.05) is 19.4 Å². The number of carbonyl (C=O) groups is 6. The van der Waals surface area contributed by atoms with E-state index in [9.17, 15) is 28.8 Å². The lowest BCUT2D eigenvalue weighted by Crippen LogP contribution is -2.70. The maximum atomic E-state index is 17.5. The van der Waals surface area contributed by atoms with Crippen molar-refractivity contribution in [2.24, 2.45) is 0 Å². The number of benzene rings is 5. The maximum absolute atomic E-state index is 17.5. The van der Waals surface area contributed by atoms with Crippen LogP contribution < -0.4 is 0 Å². The third-order valence-electron chi connectivity index (χ3n) is 20.1. The van der Waals surface area contributed by atoms with Crippen molar-refractivity contribution in [3.8, 4) is 0 Å². The average Bonchev–Trinajstić information content (AvgIpc) is 0.744. The fraction of sp³-hybridized carbons (Fsp3) is 0.600. The summed E-state index contributed by atoms with van der Waals surface area (Å²) in [6.45, 7) is 7.73. The highest BCUT2D eigenvalue weighted by molar-refractivity contribution is 7.58. The summed E-state index contributed by atoms with van der Waals surface area (Å²) >= 11 is 0. The first-order valence-electron chi connectivity index (χ1n) is 41.2. The first-order chi connectivity index (χ1) is 54.0. The van der Waals surface area contributed by atoms with Gasteiger partial charge in [-0.3, -0.25) is 33.3 Å². The Morgan fingerprint density at radius 1 is 0.360 bits per heavy atom. The number of ether oxygens (including phenoxy) is 12. The molecule has 1 saturated heterocycles. The molecule has 21 heteroatoms. The van der Waals surface area contributed by atoms with Gasteiger partial charge in [-0.1, -0.05) is 320 Å². The summed E-state index contributed by atoms with van der Waals surface area (Å²) in [5.41, 5.74) is 3.56. The normalized spacial score (nSPS) is 21.1. The molecule has 1 aliphatic heterocycles. The molecule has 0 spiro atoms. The SMILES string of the molecule is CCCCCCCCCCCCCCCC(=O)OC[C@@H](CP(=O)(Cc1ccccc1)O[C@H]1[C@@H](OCc2ccccc2)[C@H](OCc2ccccc2)[C@@H](OCc2ccccc2)[C@H](OCc2ccccc2)[C@H]1O[C@H]1O[C@H](COC(C)=O)[C@@H](OC(C)=O)[C@H](OC(C)=O)[C@@H]1OC(C)=O)OC(=O)CCCCCCCCCCCCCCC. The molecule has 5 aromatic rings. The summed E-state index contributed by atoms with van der Waals surface area (Å²) in [6, 6.07) is 46.8. The Bertz CT molecular complexity index is 3420. The summed E-state index contributed by atoms with van der Waals surface area (Å²) in [5, 5.41) is 0. The highest BCUT2D eigenvalue weighted by Gasteiger charge is 2.60. The molecule has 7 rings (SSSR count). The van der Waals surface area contributed by atoms with E-state index in [0.717, 1.165) is 88.8 Å². The van der Waals surface area contributed by atoms with Gasteiger partial charge >= 0.3 is 35.8 Å². The summed E-state index contributed by atoms with van der Waals surface area (Å²) in [7, 11) is -4.53. The van der Waals surface area contributed by atoms with Gasteiger partial charge in [0.25, 0.3) is 0 Å². The summed E-state index contributed by atoms with van der Waals surface area (Å²) in [5.74, 6) is -4.40. The number of hydrogen-bond donors (Lipinski definition) is 0. The monoisotopic (exact) mass is 1560 g/mol. The van der Waals surface area contributed by atoms with Crippen molar-refractivity contribution >= 4 is 43.2 Å². The van der Waals surface area contributed by atoms with E-state index in [-0.39, 0.29) is 45.4 Å². The number of rotatable bonds is 56. The van der Waals surface area contributed by atoms with Gasteiger partial charge in [-0.2, -0.15) is 0 Å². The molecule has 2 fully saturated rings. The van der Waals surface area contributed by atoms with E-state index in [1.807, 2.05) is 152 Å². The Hall–Kier alpha value is -7.13. The second-order valence-electron chi connectivity index (χ2n) is 29.7. The van der Waals surface area contributed by atoms with Crippen molar-refractivity contribution in [3.05, 3.63) is 179 Å². The van der Waals surface area contributed by atoms with Crippen molar-refractivity contribution in [3.63, 3.8) is 0 Å². The van der Waals surface area contributed by atoms with Crippen LogP contribution in [0.5, 0.6) is 0 Å². The number of esters is 6. The largest absolute Gasteiger partial charge is 0.463 e. The van der Waals surface area contributed by atoms with Gasteiger partial charge in [0.05, 0.1) is 32.6 Å². The highest BCUT2D eigenvalue weighted by atomic mass is 31.2. The van der Waals surface area contributed by atoms with Crippen LogP contribution in [-0.4, -0.2) is 129 Å². The molecule has 0 N–H and O–H groups in total. The van der Waals surface area contributed by atoms with Crippen LogP contribution in [0.3, 0.4) is 0 Å². The van der Waals surface area contributed by atoms with Gasteiger partial charge in [-0.05, 0) is 40.7 Å². The maximum Gasteiger partial charge on any atom is 0.306 e. The molecule has 1 unspecified atom stereocenters. The predicted octanol–water partition coefficient (Wildman–Crippen LogP) is 19.1. The Morgan fingerprint density at radius 2 is 0.694 bits per heavy atom. The van der Waals surface area contributed by atoms with Crippen LogP contribution in [0.25, 0.3) is 0 Å². The molecule has 13 atom stereocenters. The van der Waals surface area contributed by atoms with E-state index < -0.39 is 136 Å². The van der Waals surface area contributed by atoms with Gasteiger partial charge in [0.15, 0.2) is 24.6 Å². The van der Waals surface area contributed by atoms with E-state index in [1.165, 1.54) is 110 Å². The molecule has 2 aliphatic rings. The van der Waals surface area contributed by atoms with Crippen molar-refractivity contribution in [1.82, 2.24) is 0 Å². The van der Waals surface area contributed by atoms with Crippen LogP contribution in [0.1, 0.15) is 249 Å². The summed E-state index contributed by atoms with van der Waals surface area (Å²) in [6.07, 6.45) is 10.4. The van der Waals surface area contributed by atoms with Crippen LogP contribution in [0, 0.1) is 0 Å². The van der Waals surface area contributed by atoms with Crippen molar-refractivity contribution in [1.29, 1.82) is 0 Å². The van der Waals surface area contributed by atoms with E-state index in [4.69, 9.17) is 61.4 Å². The van der Waals surface area contributed by atoms with Gasteiger partial charge in [-0.25, -0.2) is 0 Å². The lowest BCUT2D eigenvalue weighted by Gasteiger charge is -2.52. The topological polar surface area (TPSA) is 239 Å². The Kier molecular flexibility index (Phi) is 43.5. The molecule has 0 radical (unpaired) electrons. The van der Waals surface area contributed by atoms with E-state index in [1.54, 1.807) is 0 Å². The molecule has 1 aliphatic carbocycles. The number of unbranched alkanes of at least 4 members (excludes halogenated alkanes) is 24. The minimum absolute atomic E-state index is 0.0190. The molecule has 111 heavy (non-hydrogen) atoms. The third kappa shape index (κ3) is 35.4. The zero-order valence-corrected chi connectivity index (χ0v) is 67.8. The number of carbonyl (C=O) groups excluding carboxylic acids is 6. The summed E-state index contributed by atoms with van der Waals surface area (Å²) in [4.78, 5) is 81.6. The standard InChI is InChI=1S/C90H127O20P/c1-7-9-11-13-15-17-19-21-23-25-27-29-46-58-79(95)99-64-77(107-80(96)59-47-30-28-26-24-22-20-18-16-14-12-10-8-2)67-111(97,66-76-56-44-35-45-57-76)110-88-85(103-63-75-54-42-34-43-55-75)83(101-61-73-50-38-32-39-51-73)82(100-60-72-48-36-31-37-49-72)84(102-62-74-52-40-33-41-53-74)87(88)109-90-89(106-71(6)94)86(105-70(5)93)81(104-69(4)92)78(108-90)65-98-68(3)91/h31-45,48-57,77-78,81-90H,7-30,46-47,58-67H2,1-6H3/t77-,78+,81+,82+,83+,84-,85-,86-,87+,88-,89-,90+,111?/m0/s1. The fourth-order valence-corrected chi connectivity index (χ4v) is 17.0. The molecule has 1 heterocycles. The molecule has 20 nitrogen and oxygen atoms in total. The molecule has 612 valence electrons. The van der Waals surface area contributed by atoms with Crippen molar-refractivity contribution in [2.45, 2.75) is 327 Å². The second-order valence-corrected chi connectivity index (χ2v) is 32.2. The fourth-order valence-electron chi connectivity index (χ4n) is 14.4. The van der Waals surface area contributed by atoms with Gasteiger partial charge in [0.2, 0.25) is 7.37 Å². The third-order valence-corrected chi connectivity index (χ3v) is 22.5. The minimum atomic E-state index is -4.53. The molecule has 1 saturated carbocycles. The first-order valence-corrected chi connectivity index (χ1v) is 43.2. The zero-order chi connectivity index (χ0) is 79.1. The van der Waals surface area contributed by atoms with Crippen LogP contribution in [0.2, 0.25) is 0 Å². The Balaban J connectivity index is 1.34. The molecule has 0 aromatic heterocycles. The highest BCUT2D eigenvalue weighted by Crippen LogP contribution is 2.55. The summed E-state index contributed by atoms with van der Waals surface area (Å²) < 4.78 is 105. The molecular weight excluding hydrogens is 1430 g/mol.